The zero-order valence-electron chi connectivity index (χ0n) is 21.4. The average Bonchev–Trinajstić information content (AvgIpc) is 3.35. The smallest absolute Gasteiger partial charge is 0.267 e. The molecule has 1 aliphatic rings. The molecule has 0 amide bonds. The van der Waals surface area contributed by atoms with E-state index in [9.17, 15) is 9.18 Å². The number of nitrogen functional groups attached to an aromatic ring is 1. The third kappa shape index (κ3) is 3.92. The zero-order valence-corrected chi connectivity index (χ0v) is 22.2. The molecule has 0 saturated carbocycles. The molecule has 0 radical (unpaired) electrons. The molecule has 5 aromatic rings. The fraction of sp³-hybridized carbons (Fsp3) is 0.179. The Morgan fingerprint density at radius 2 is 1.93 bits per heavy atom. The van der Waals surface area contributed by atoms with E-state index in [1.165, 1.54) is 34.8 Å². The van der Waals surface area contributed by atoms with E-state index < -0.39 is 17.7 Å². The van der Waals surface area contributed by atoms with E-state index in [0.717, 1.165) is 12.8 Å². The van der Waals surface area contributed by atoms with Crippen LogP contribution in [0, 0.1) is 11.6 Å². The van der Waals surface area contributed by atoms with Crippen molar-refractivity contribution in [1.82, 2.24) is 29.3 Å². The molecule has 0 saturated heterocycles. The van der Waals surface area contributed by atoms with Gasteiger partial charge in [0.1, 0.15) is 29.7 Å². The maximum absolute atomic E-state index is 15.2. The highest BCUT2D eigenvalue weighted by Crippen LogP contribution is 2.37. The number of rotatable bonds is 5. The van der Waals surface area contributed by atoms with Crippen LogP contribution in [-0.2, 0) is 0 Å². The molecule has 6 rings (SSSR count). The van der Waals surface area contributed by atoms with Gasteiger partial charge in [-0.3, -0.25) is 9.36 Å². The number of anilines is 1. The number of nitrogens with two attached hydrogens (primary N) is 1. The van der Waals surface area contributed by atoms with E-state index in [1.54, 1.807) is 25.1 Å². The highest BCUT2D eigenvalue weighted by atomic mass is 35.5. The summed E-state index contributed by atoms with van der Waals surface area (Å²) >= 11 is 6.42. The van der Waals surface area contributed by atoms with Gasteiger partial charge < -0.3 is 10.5 Å². The van der Waals surface area contributed by atoms with Gasteiger partial charge in [0.2, 0.25) is 5.82 Å². The molecule has 202 valence electrons. The van der Waals surface area contributed by atoms with Gasteiger partial charge in [0.05, 0.1) is 28.4 Å². The van der Waals surface area contributed by atoms with Crippen LogP contribution >= 0.6 is 11.6 Å². The van der Waals surface area contributed by atoms with Crippen LogP contribution in [0.25, 0.3) is 38.9 Å². The summed E-state index contributed by atoms with van der Waals surface area (Å²) in [7, 11) is 1.25. The summed E-state index contributed by atoms with van der Waals surface area (Å²) in [5.74, 6) is -2.20. The summed E-state index contributed by atoms with van der Waals surface area (Å²) in [5.41, 5.74) is 7.05. The van der Waals surface area contributed by atoms with Crippen molar-refractivity contribution in [2.75, 3.05) is 12.8 Å². The van der Waals surface area contributed by atoms with Crippen molar-refractivity contribution in [2.24, 2.45) is 0 Å². The Balaban J connectivity index is 1.64. The largest absolute Gasteiger partial charge is 0.494 e. The average molecular weight is 562 g/mol. The number of hydrogen-bond acceptors (Lipinski definition) is 7. The van der Waals surface area contributed by atoms with Crippen LogP contribution in [-0.4, -0.2) is 36.4 Å². The van der Waals surface area contributed by atoms with E-state index in [-0.39, 0.29) is 49.8 Å². The zero-order chi connectivity index (χ0) is 28.1. The number of hydrogen-bond donors (Lipinski definition) is 1. The molecule has 2 N–H and O–H groups in total. The minimum atomic E-state index is -1.16. The first kappa shape index (κ1) is 25.6. The normalized spacial score (nSPS) is 14.1. The Bertz CT molecular complexity index is 1950. The van der Waals surface area contributed by atoms with Crippen molar-refractivity contribution in [3.8, 4) is 17.0 Å². The second-order valence-corrected chi connectivity index (χ2v) is 9.63. The predicted molar refractivity (Wildman–Crippen MR) is 149 cm³/mol. The number of benzene rings is 2. The standard InChI is InChI=1S/C28H22ClF2N7O2/c1-14(26-35-18-10-6-9-17(29)20(18)28(39)37(26)15-7-4-3-5-8-15)38-27-21(25(32)33-13-34-27)24(36-38)16-11-12-19(40-2)23(31)22(16)30/h4,6-14H,3,5H2,1-2H3,(H2,32,33,34)/t14-/m0/s1. The topological polar surface area (TPSA) is 114 Å². The highest BCUT2D eigenvalue weighted by Gasteiger charge is 2.28. The van der Waals surface area contributed by atoms with Gasteiger partial charge in [0.25, 0.3) is 5.56 Å². The van der Waals surface area contributed by atoms with E-state index in [2.05, 4.69) is 15.1 Å². The van der Waals surface area contributed by atoms with Gasteiger partial charge >= 0.3 is 0 Å². The van der Waals surface area contributed by atoms with Gasteiger partial charge in [-0.05, 0) is 50.1 Å². The fourth-order valence-corrected chi connectivity index (χ4v) is 5.19. The molecule has 3 aromatic heterocycles. The molecule has 0 aliphatic heterocycles. The molecular weight excluding hydrogens is 540 g/mol. The first-order chi connectivity index (χ1) is 19.3. The van der Waals surface area contributed by atoms with Crippen LogP contribution in [0.1, 0.15) is 31.6 Å². The second kappa shape index (κ2) is 9.83. The van der Waals surface area contributed by atoms with Crippen molar-refractivity contribution in [1.29, 1.82) is 0 Å². The van der Waals surface area contributed by atoms with Gasteiger partial charge in [-0.15, -0.1) is 0 Å². The number of ether oxygens (including phenoxy) is 1. The lowest BCUT2D eigenvalue weighted by atomic mass is 10.1. The van der Waals surface area contributed by atoms with Crippen LogP contribution in [0.2, 0.25) is 5.02 Å². The lowest BCUT2D eigenvalue weighted by Crippen LogP contribution is -2.28. The quantitative estimate of drug-likeness (QED) is 0.300. The van der Waals surface area contributed by atoms with Crippen LogP contribution in [0.4, 0.5) is 14.6 Å². The third-order valence-corrected chi connectivity index (χ3v) is 7.20. The van der Waals surface area contributed by atoms with E-state index in [4.69, 9.17) is 27.1 Å². The van der Waals surface area contributed by atoms with Crippen molar-refractivity contribution < 1.29 is 13.5 Å². The summed E-state index contributed by atoms with van der Waals surface area (Å²) in [6.45, 7) is 1.78. The lowest BCUT2D eigenvalue weighted by molar-refractivity contribution is 0.372. The summed E-state index contributed by atoms with van der Waals surface area (Å²) in [6, 6.07) is 6.99. The van der Waals surface area contributed by atoms with Crippen molar-refractivity contribution in [3.63, 3.8) is 0 Å². The number of aromatic nitrogens is 6. The summed E-state index contributed by atoms with van der Waals surface area (Å²) in [4.78, 5) is 27.1. The minimum Gasteiger partial charge on any atom is -0.494 e. The maximum Gasteiger partial charge on any atom is 0.267 e. The van der Waals surface area contributed by atoms with Crippen molar-refractivity contribution in [3.05, 3.63) is 87.7 Å². The van der Waals surface area contributed by atoms with E-state index in [1.807, 2.05) is 18.2 Å². The SMILES string of the molecule is COc1ccc(-c2nn([C@@H](C)c3nc4cccc(Cl)c4c(=O)n3C3=CCCC=C3)c3ncnc(N)c23)c(F)c1F. The molecule has 0 bridgehead atoms. The number of halogens is 3. The monoisotopic (exact) mass is 561 g/mol. The fourth-order valence-electron chi connectivity index (χ4n) is 4.94. The first-order valence-electron chi connectivity index (χ1n) is 12.4. The lowest BCUT2D eigenvalue weighted by Gasteiger charge is -2.21. The van der Waals surface area contributed by atoms with Gasteiger partial charge in [-0.1, -0.05) is 29.8 Å². The first-order valence-corrected chi connectivity index (χ1v) is 12.8. The molecular formula is C28H22ClF2N7O2. The van der Waals surface area contributed by atoms with Crippen LogP contribution in [0.15, 0.2) is 59.7 Å². The van der Waals surface area contributed by atoms with E-state index in [0.29, 0.717) is 17.0 Å². The Morgan fingerprint density at radius 1 is 1.10 bits per heavy atom. The second-order valence-electron chi connectivity index (χ2n) is 9.22. The maximum atomic E-state index is 15.2. The Labute approximate surface area is 231 Å². The molecule has 0 spiro atoms. The van der Waals surface area contributed by atoms with E-state index >= 15 is 4.39 Å². The molecule has 1 atom stereocenters. The Morgan fingerprint density at radius 3 is 2.67 bits per heavy atom. The van der Waals surface area contributed by atoms with Gasteiger partial charge in [0, 0.05) is 11.3 Å². The Hall–Kier alpha value is -4.64. The summed E-state index contributed by atoms with van der Waals surface area (Å²) < 4.78 is 37.8. The summed E-state index contributed by atoms with van der Waals surface area (Å²) in [6.07, 6.45) is 8.62. The van der Waals surface area contributed by atoms with Gasteiger partial charge in [-0.25, -0.2) is 24.0 Å². The van der Waals surface area contributed by atoms with Gasteiger partial charge in [0.15, 0.2) is 17.2 Å². The van der Waals surface area contributed by atoms with Crippen LogP contribution < -0.4 is 16.0 Å². The molecule has 0 unspecified atom stereocenters. The molecule has 2 aromatic carbocycles. The number of nitrogens with zero attached hydrogens (tertiary/aromatic N) is 6. The third-order valence-electron chi connectivity index (χ3n) is 6.89. The molecule has 9 nitrogen and oxygen atoms in total. The number of allylic oxidation sites excluding steroid dienone is 4. The molecule has 40 heavy (non-hydrogen) atoms. The number of methoxy groups -OCH3 is 1. The molecule has 0 fully saturated rings. The molecule has 3 heterocycles. The highest BCUT2D eigenvalue weighted by molar-refractivity contribution is 6.35. The molecule has 12 heteroatoms. The van der Waals surface area contributed by atoms with Crippen LogP contribution in [0.5, 0.6) is 5.75 Å². The minimum absolute atomic E-state index is 0.0302. The molecule has 1 aliphatic carbocycles. The van der Waals surface area contributed by atoms with Crippen molar-refractivity contribution in [2.45, 2.75) is 25.8 Å². The van der Waals surface area contributed by atoms with Gasteiger partial charge in [-0.2, -0.15) is 9.49 Å². The van der Waals surface area contributed by atoms with Crippen molar-refractivity contribution >= 4 is 45.1 Å². The Kier molecular flexibility index (Phi) is 6.30. The van der Waals surface area contributed by atoms with Crippen LogP contribution in [0.3, 0.4) is 0 Å². The predicted octanol–water partition coefficient (Wildman–Crippen LogP) is 5.53. The number of fused-ring (bicyclic) bond motifs is 2. The summed E-state index contributed by atoms with van der Waals surface area (Å²) in [5, 5.41) is 5.43.